The number of amides is 1. The van der Waals surface area contributed by atoms with Crippen LogP contribution in [0.3, 0.4) is 0 Å². The van der Waals surface area contributed by atoms with E-state index in [0.717, 1.165) is 5.56 Å². The molecule has 1 aromatic rings. The number of nitrogens with one attached hydrogen (secondary N) is 1. The van der Waals surface area contributed by atoms with Gasteiger partial charge in [-0.15, -0.1) is 0 Å². The van der Waals surface area contributed by atoms with Gasteiger partial charge in [-0.2, -0.15) is 0 Å². The van der Waals surface area contributed by atoms with E-state index in [1.807, 2.05) is 30.3 Å². The SMILES string of the molecule is C[C@H](NC(=O)OC(C)(C)C)C(O)Cc1ccccc1. The van der Waals surface area contributed by atoms with Crippen molar-refractivity contribution < 1.29 is 14.6 Å². The standard InChI is InChI=1S/C15H23NO3/c1-11(16-14(18)19-15(2,3)4)13(17)10-12-8-6-5-7-9-12/h5-9,11,13,17H,10H2,1-4H3,(H,16,18)/t11-,13?/m0/s1. The van der Waals surface area contributed by atoms with Gasteiger partial charge in [0.25, 0.3) is 0 Å². The first kappa shape index (κ1) is 15.5. The first-order valence-electron chi connectivity index (χ1n) is 6.49. The molecule has 0 aromatic heterocycles. The number of hydrogen-bond donors (Lipinski definition) is 2. The molecule has 1 aromatic carbocycles. The molecule has 4 heteroatoms. The first-order chi connectivity index (χ1) is 8.78. The smallest absolute Gasteiger partial charge is 0.407 e. The molecule has 2 N–H and O–H groups in total. The number of hydrogen-bond acceptors (Lipinski definition) is 3. The topological polar surface area (TPSA) is 58.6 Å². The van der Waals surface area contributed by atoms with Gasteiger partial charge in [0.15, 0.2) is 0 Å². The summed E-state index contributed by atoms with van der Waals surface area (Å²) >= 11 is 0. The molecule has 0 aliphatic heterocycles. The van der Waals surface area contributed by atoms with E-state index in [-0.39, 0.29) is 6.04 Å². The van der Waals surface area contributed by atoms with Crippen LogP contribution in [-0.2, 0) is 11.2 Å². The van der Waals surface area contributed by atoms with Crippen LogP contribution in [0.4, 0.5) is 4.79 Å². The van der Waals surface area contributed by atoms with Gasteiger partial charge in [-0.1, -0.05) is 30.3 Å². The molecule has 0 fully saturated rings. The summed E-state index contributed by atoms with van der Waals surface area (Å²) < 4.78 is 5.15. The van der Waals surface area contributed by atoms with Gasteiger partial charge >= 0.3 is 6.09 Å². The van der Waals surface area contributed by atoms with Crippen molar-refractivity contribution in [3.05, 3.63) is 35.9 Å². The average Bonchev–Trinajstić information content (AvgIpc) is 2.27. The monoisotopic (exact) mass is 265 g/mol. The van der Waals surface area contributed by atoms with Gasteiger partial charge in [-0.3, -0.25) is 0 Å². The van der Waals surface area contributed by atoms with Crippen LogP contribution in [0, 0.1) is 0 Å². The molecule has 0 heterocycles. The quantitative estimate of drug-likeness (QED) is 0.879. The van der Waals surface area contributed by atoms with Crippen LogP contribution in [-0.4, -0.2) is 28.9 Å². The fraction of sp³-hybridized carbons (Fsp3) is 0.533. The zero-order valence-corrected chi connectivity index (χ0v) is 12.0. The van der Waals surface area contributed by atoms with E-state index in [4.69, 9.17) is 4.74 Å². The van der Waals surface area contributed by atoms with Gasteiger partial charge in [0, 0.05) is 6.42 Å². The third kappa shape index (κ3) is 6.25. The molecule has 0 saturated heterocycles. The summed E-state index contributed by atoms with van der Waals surface area (Å²) in [4.78, 5) is 11.6. The van der Waals surface area contributed by atoms with Crippen LogP contribution in [0.2, 0.25) is 0 Å². The van der Waals surface area contributed by atoms with Crippen molar-refractivity contribution in [2.24, 2.45) is 0 Å². The Morgan fingerprint density at radius 3 is 2.42 bits per heavy atom. The summed E-state index contributed by atoms with van der Waals surface area (Å²) in [6.07, 6.45) is -0.653. The highest BCUT2D eigenvalue weighted by molar-refractivity contribution is 5.68. The Morgan fingerprint density at radius 2 is 1.89 bits per heavy atom. The maximum atomic E-state index is 11.6. The second-order valence-electron chi connectivity index (χ2n) is 5.69. The third-order valence-corrected chi connectivity index (χ3v) is 2.61. The van der Waals surface area contributed by atoms with Crippen molar-refractivity contribution in [1.82, 2.24) is 5.32 Å². The molecular formula is C15H23NO3. The normalized spacial score (nSPS) is 14.6. The molecular weight excluding hydrogens is 242 g/mol. The molecule has 4 nitrogen and oxygen atoms in total. The molecule has 0 spiro atoms. The lowest BCUT2D eigenvalue weighted by Crippen LogP contribution is -2.44. The predicted octanol–water partition coefficient (Wildman–Crippen LogP) is 2.50. The van der Waals surface area contributed by atoms with Crippen LogP contribution >= 0.6 is 0 Å². The fourth-order valence-corrected chi connectivity index (χ4v) is 1.62. The van der Waals surface area contributed by atoms with Crippen molar-refractivity contribution in [2.75, 3.05) is 0 Å². The van der Waals surface area contributed by atoms with Crippen molar-refractivity contribution in [3.63, 3.8) is 0 Å². The second kappa shape index (κ2) is 6.57. The summed E-state index contributed by atoms with van der Waals surface area (Å²) in [6, 6.07) is 9.31. The minimum atomic E-state index is -0.644. The Bertz CT molecular complexity index is 398. The van der Waals surface area contributed by atoms with Crippen molar-refractivity contribution >= 4 is 6.09 Å². The minimum Gasteiger partial charge on any atom is -0.444 e. The maximum Gasteiger partial charge on any atom is 0.407 e. The zero-order valence-electron chi connectivity index (χ0n) is 12.0. The summed E-state index contributed by atoms with van der Waals surface area (Å²) in [5, 5.41) is 12.7. The highest BCUT2D eigenvalue weighted by Crippen LogP contribution is 2.09. The fourth-order valence-electron chi connectivity index (χ4n) is 1.62. The largest absolute Gasteiger partial charge is 0.444 e. The summed E-state index contributed by atoms with van der Waals surface area (Å²) in [6.45, 7) is 7.17. The number of alkyl carbamates (subject to hydrolysis) is 1. The minimum absolute atomic E-state index is 0.366. The van der Waals surface area contributed by atoms with Crippen LogP contribution < -0.4 is 5.32 Å². The van der Waals surface area contributed by atoms with Gasteiger partial charge in [0.2, 0.25) is 0 Å². The van der Waals surface area contributed by atoms with E-state index >= 15 is 0 Å². The van der Waals surface area contributed by atoms with Crippen LogP contribution in [0.25, 0.3) is 0 Å². The Labute approximate surface area is 114 Å². The molecule has 19 heavy (non-hydrogen) atoms. The van der Waals surface area contributed by atoms with Gasteiger partial charge in [0.05, 0.1) is 12.1 Å². The molecule has 0 bridgehead atoms. The van der Waals surface area contributed by atoms with Gasteiger partial charge in [-0.25, -0.2) is 4.79 Å². The predicted molar refractivity (Wildman–Crippen MR) is 75.0 cm³/mol. The molecule has 0 aliphatic carbocycles. The second-order valence-corrected chi connectivity index (χ2v) is 5.69. The van der Waals surface area contributed by atoms with E-state index < -0.39 is 17.8 Å². The number of benzene rings is 1. The lowest BCUT2D eigenvalue weighted by molar-refractivity contribution is 0.0436. The molecule has 1 amide bonds. The van der Waals surface area contributed by atoms with Crippen LogP contribution in [0.1, 0.15) is 33.3 Å². The molecule has 0 aliphatic rings. The molecule has 106 valence electrons. The Hall–Kier alpha value is -1.55. The summed E-state index contributed by atoms with van der Waals surface area (Å²) in [5.74, 6) is 0. The van der Waals surface area contributed by atoms with Gasteiger partial charge < -0.3 is 15.2 Å². The Balaban J connectivity index is 2.45. The zero-order chi connectivity index (χ0) is 14.5. The average molecular weight is 265 g/mol. The molecule has 1 rings (SSSR count). The number of rotatable bonds is 4. The van der Waals surface area contributed by atoms with Crippen molar-refractivity contribution in [3.8, 4) is 0 Å². The van der Waals surface area contributed by atoms with E-state index in [1.165, 1.54) is 0 Å². The van der Waals surface area contributed by atoms with Crippen molar-refractivity contribution in [2.45, 2.75) is 51.9 Å². The van der Waals surface area contributed by atoms with Gasteiger partial charge in [0.1, 0.15) is 5.60 Å². The molecule has 0 radical (unpaired) electrons. The summed E-state index contributed by atoms with van der Waals surface area (Å²) in [7, 11) is 0. The van der Waals surface area contributed by atoms with Crippen LogP contribution in [0.5, 0.6) is 0 Å². The lowest BCUT2D eigenvalue weighted by Gasteiger charge is -2.24. The van der Waals surface area contributed by atoms with E-state index in [1.54, 1.807) is 27.7 Å². The number of aliphatic hydroxyl groups is 1. The highest BCUT2D eigenvalue weighted by Gasteiger charge is 2.21. The third-order valence-electron chi connectivity index (χ3n) is 2.61. The van der Waals surface area contributed by atoms with Crippen LogP contribution in [0.15, 0.2) is 30.3 Å². The first-order valence-corrected chi connectivity index (χ1v) is 6.49. The lowest BCUT2D eigenvalue weighted by atomic mass is 10.0. The van der Waals surface area contributed by atoms with E-state index in [9.17, 15) is 9.90 Å². The Morgan fingerprint density at radius 1 is 1.32 bits per heavy atom. The van der Waals surface area contributed by atoms with Gasteiger partial charge in [-0.05, 0) is 33.3 Å². The van der Waals surface area contributed by atoms with E-state index in [0.29, 0.717) is 6.42 Å². The number of carbonyl (C=O) groups is 1. The number of ether oxygens (including phenoxy) is 1. The Kier molecular flexibility index (Phi) is 5.36. The number of carbonyl (C=O) groups excluding carboxylic acids is 1. The van der Waals surface area contributed by atoms with E-state index in [2.05, 4.69) is 5.32 Å². The van der Waals surface area contributed by atoms with Crippen molar-refractivity contribution in [1.29, 1.82) is 0 Å². The maximum absolute atomic E-state index is 11.6. The molecule has 0 saturated carbocycles. The summed E-state index contributed by atoms with van der Waals surface area (Å²) in [5.41, 5.74) is 0.501. The molecule has 2 atom stereocenters. The molecule has 1 unspecified atom stereocenters. The number of aliphatic hydroxyl groups excluding tert-OH is 1. The highest BCUT2D eigenvalue weighted by atomic mass is 16.6.